The van der Waals surface area contributed by atoms with Crippen LogP contribution in [-0.4, -0.2) is 62.6 Å². The van der Waals surface area contributed by atoms with Gasteiger partial charge in [-0.3, -0.25) is 9.59 Å². The van der Waals surface area contributed by atoms with Crippen LogP contribution >= 0.6 is 0 Å². The molecular formula is C21H27N5O2. The van der Waals surface area contributed by atoms with Crippen molar-refractivity contribution in [2.24, 2.45) is 13.0 Å². The van der Waals surface area contributed by atoms with Crippen LogP contribution in [0.1, 0.15) is 36.6 Å². The highest BCUT2D eigenvalue weighted by Crippen LogP contribution is 2.28. The smallest absolute Gasteiger partial charge is 0.228 e. The Morgan fingerprint density at radius 2 is 2.04 bits per heavy atom. The third-order valence-corrected chi connectivity index (χ3v) is 5.92. The SMILES string of the molecule is Cn1cnnc1[C@@H]1CCCN(C(=O)[C@@H]2CC(=O)N(CCc3ccccc3)C2)C1. The van der Waals surface area contributed by atoms with E-state index in [9.17, 15) is 9.59 Å². The van der Waals surface area contributed by atoms with Gasteiger partial charge in [0.2, 0.25) is 11.8 Å². The Labute approximate surface area is 165 Å². The third-order valence-electron chi connectivity index (χ3n) is 5.92. The van der Waals surface area contributed by atoms with Gasteiger partial charge < -0.3 is 14.4 Å². The minimum absolute atomic E-state index is 0.0936. The Balaban J connectivity index is 1.34. The van der Waals surface area contributed by atoms with Crippen molar-refractivity contribution in [3.05, 3.63) is 48.0 Å². The van der Waals surface area contributed by atoms with Crippen molar-refractivity contribution in [3.63, 3.8) is 0 Å². The van der Waals surface area contributed by atoms with Crippen molar-refractivity contribution in [1.29, 1.82) is 0 Å². The molecule has 148 valence electrons. The van der Waals surface area contributed by atoms with Crippen molar-refractivity contribution in [1.82, 2.24) is 24.6 Å². The molecule has 7 heteroatoms. The number of nitrogens with zero attached hydrogens (tertiary/aromatic N) is 5. The molecule has 2 atom stereocenters. The molecule has 2 aliphatic heterocycles. The standard InChI is InChI=1S/C21H27N5O2/c1-24-15-22-23-20(24)17-8-5-10-26(13-17)21(28)18-12-19(27)25(14-18)11-9-16-6-3-2-4-7-16/h2-4,6-7,15,17-18H,5,8-14H2,1H3/t17-,18-/m1/s1. The molecule has 0 bridgehead atoms. The van der Waals surface area contributed by atoms with E-state index in [-0.39, 0.29) is 23.7 Å². The second-order valence-electron chi connectivity index (χ2n) is 7.90. The maximum Gasteiger partial charge on any atom is 0.228 e. The number of carbonyl (C=O) groups excluding carboxylic acids is 2. The number of aromatic nitrogens is 3. The molecule has 0 spiro atoms. The molecule has 0 aliphatic carbocycles. The van der Waals surface area contributed by atoms with E-state index in [0.717, 1.165) is 31.6 Å². The van der Waals surface area contributed by atoms with Gasteiger partial charge in [-0.2, -0.15) is 0 Å². The molecule has 4 rings (SSSR count). The van der Waals surface area contributed by atoms with Crippen LogP contribution in [0.4, 0.5) is 0 Å². The molecule has 0 saturated carbocycles. The summed E-state index contributed by atoms with van der Waals surface area (Å²) in [7, 11) is 1.94. The average Bonchev–Trinajstić information content (AvgIpc) is 3.32. The lowest BCUT2D eigenvalue weighted by Gasteiger charge is -2.33. The topological polar surface area (TPSA) is 71.3 Å². The molecule has 2 saturated heterocycles. The minimum atomic E-state index is -0.221. The second kappa shape index (κ2) is 8.12. The highest BCUT2D eigenvalue weighted by molar-refractivity contribution is 5.89. The summed E-state index contributed by atoms with van der Waals surface area (Å²) in [6.45, 7) is 2.64. The average molecular weight is 381 g/mol. The van der Waals surface area contributed by atoms with Crippen LogP contribution in [0.2, 0.25) is 0 Å². The first-order valence-corrected chi connectivity index (χ1v) is 10.1. The third kappa shape index (κ3) is 3.93. The second-order valence-corrected chi connectivity index (χ2v) is 7.90. The Kier molecular flexibility index (Phi) is 5.41. The van der Waals surface area contributed by atoms with Gasteiger partial charge in [0.15, 0.2) is 0 Å². The van der Waals surface area contributed by atoms with Gasteiger partial charge in [-0.05, 0) is 24.8 Å². The van der Waals surface area contributed by atoms with Gasteiger partial charge in [0, 0.05) is 45.6 Å². The molecule has 0 N–H and O–H groups in total. The maximum absolute atomic E-state index is 13.1. The van der Waals surface area contributed by atoms with Crippen molar-refractivity contribution < 1.29 is 9.59 Å². The van der Waals surface area contributed by atoms with Crippen molar-refractivity contribution in [2.75, 3.05) is 26.2 Å². The zero-order chi connectivity index (χ0) is 19.5. The van der Waals surface area contributed by atoms with Crippen LogP contribution in [0, 0.1) is 5.92 Å². The zero-order valence-corrected chi connectivity index (χ0v) is 16.3. The highest BCUT2D eigenvalue weighted by Gasteiger charge is 2.38. The molecule has 2 aromatic rings. The number of hydrogen-bond acceptors (Lipinski definition) is 4. The largest absolute Gasteiger partial charge is 0.342 e. The lowest BCUT2D eigenvalue weighted by Crippen LogP contribution is -2.43. The summed E-state index contributed by atoms with van der Waals surface area (Å²) < 4.78 is 1.93. The Morgan fingerprint density at radius 3 is 2.79 bits per heavy atom. The molecule has 2 amide bonds. The van der Waals surface area contributed by atoms with Crippen molar-refractivity contribution >= 4 is 11.8 Å². The fourth-order valence-corrected chi connectivity index (χ4v) is 4.37. The molecule has 2 fully saturated rings. The van der Waals surface area contributed by atoms with Gasteiger partial charge in [0.1, 0.15) is 12.2 Å². The minimum Gasteiger partial charge on any atom is -0.342 e. The number of rotatable bonds is 5. The van der Waals surface area contributed by atoms with Gasteiger partial charge in [-0.1, -0.05) is 30.3 Å². The fourth-order valence-electron chi connectivity index (χ4n) is 4.37. The van der Waals surface area contributed by atoms with Gasteiger partial charge in [-0.15, -0.1) is 10.2 Å². The van der Waals surface area contributed by atoms with Gasteiger partial charge in [-0.25, -0.2) is 0 Å². The predicted molar refractivity (Wildman–Crippen MR) is 104 cm³/mol. The van der Waals surface area contributed by atoms with Crippen LogP contribution in [-0.2, 0) is 23.1 Å². The van der Waals surface area contributed by atoms with E-state index in [4.69, 9.17) is 0 Å². The molecule has 7 nitrogen and oxygen atoms in total. The first-order valence-electron chi connectivity index (χ1n) is 10.1. The summed E-state index contributed by atoms with van der Waals surface area (Å²) in [6.07, 6.45) is 4.84. The van der Waals surface area contributed by atoms with Gasteiger partial charge in [0.25, 0.3) is 0 Å². The zero-order valence-electron chi connectivity index (χ0n) is 16.3. The van der Waals surface area contributed by atoms with Crippen LogP contribution < -0.4 is 0 Å². The number of amides is 2. The first-order chi connectivity index (χ1) is 13.6. The Bertz CT molecular complexity index is 834. The van der Waals surface area contributed by atoms with E-state index >= 15 is 0 Å². The predicted octanol–water partition coefficient (Wildman–Crippen LogP) is 1.61. The van der Waals surface area contributed by atoms with Crippen LogP contribution in [0.5, 0.6) is 0 Å². The molecule has 2 aliphatic rings. The monoisotopic (exact) mass is 381 g/mol. The van der Waals surface area contributed by atoms with Crippen LogP contribution in [0.15, 0.2) is 36.7 Å². The number of likely N-dealkylation sites (tertiary alicyclic amines) is 2. The summed E-state index contributed by atoms with van der Waals surface area (Å²) in [5.41, 5.74) is 1.22. The first kappa shape index (κ1) is 18.7. The summed E-state index contributed by atoms with van der Waals surface area (Å²) >= 11 is 0. The number of piperidine rings is 1. The van der Waals surface area contributed by atoms with E-state index in [1.165, 1.54) is 5.56 Å². The summed E-state index contributed by atoms with van der Waals surface area (Å²) in [4.78, 5) is 29.3. The maximum atomic E-state index is 13.1. The number of benzene rings is 1. The lowest BCUT2D eigenvalue weighted by atomic mass is 9.95. The van der Waals surface area contributed by atoms with Crippen LogP contribution in [0.3, 0.4) is 0 Å². The van der Waals surface area contributed by atoms with E-state index < -0.39 is 0 Å². The molecule has 1 aromatic carbocycles. The van der Waals surface area contributed by atoms with Gasteiger partial charge in [0.05, 0.1) is 5.92 Å². The molecule has 1 aromatic heterocycles. The fraction of sp³-hybridized carbons (Fsp3) is 0.524. The molecule has 0 unspecified atom stereocenters. The van der Waals surface area contributed by atoms with Crippen molar-refractivity contribution in [3.8, 4) is 0 Å². The normalized spacial score (nSPS) is 22.7. The summed E-state index contributed by atoms with van der Waals surface area (Å²) in [5, 5.41) is 8.19. The van der Waals surface area contributed by atoms with Crippen LogP contribution in [0.25, 0.3) is 0 Å². The molecular weight excluding hydrogens is 354 g/mol. The van der Waals surface area contributed by atoms with E-state index in [1.54, 1.807) is 6.33 Å². The quantitative estimate of drug-likeness (QED) is 0.789. The van der Waals surface area contributed by atoms with Crippen molar-refractivity contribution in [2.45, 2.75) is 31.6 Å². The number of hydrogen-bond donors (Lipinski definition) is 0. The Hall–Kier alpha value is -2.70. The van der Waals surface area contributed by atoms with Gasteiger partial charge >= 0.3 is 0 Å². The van der Waals surface area contributed by atoms with E-state index in [2.05, 4.69) is 22.3 Å². The Morgan fingerprint density at radius 1 is 1.21 bits per heavy atom. The molecule has 0 radical (unpaired) electrons. The molecule has 28 heavy (non-hydrogen) atoms. The highest BCUT2D eigenvalue weighted by atomic mass is 16.2. The van der Waals surface area contributed by atoms with E-state index in [0.29, 0.717) is 26.1 Å². The summed E-state index contributed by atoms with van der Waals surface area (Å²) in [6, 6.07) is 10.2. The molecule has 3 heterocycles. The van der Waals surface area contributed by atoms with E-state index in [1.807, 2.05) is 39.6 Å². The number of aryl methyl sites for hydroxylation is 1. The summed E-state index contributed by atoms with van der Waals surface area (Å²) in [5.74, 6) is 1.14. The number of carbonyl (C=O) groups is 2. The lowest BCUT2D eigenvalue weighted by molar-refractivity contribution is -0.137.